The minimum absolute atomic E-state index is 0. The summed E-state index contributed by atoms with van der Waals surface area (Å²) in [6.45, 7) is 3.76. The molecule has 6 rings (SSSR count). The molecule has 4 nitrogen and oxygen atoms in total. The summed E-state index contributed by atoms with van der Waals surface area (Å²) in [7, 11) is 0. The Bertz CT molecular complexity index is 1640. The molecule has 0 fully saturated rings. The first-order chi connectivity index (χ1) is 23.8. The van der Waals surface area contributed by atoms with E-state index in [-0.39, 0.29) is 49.7 Å². The normalized spacial score (nSPS) is 9.61. The van der Waals surface area contributed by atoms with Crippen molar-refractivity contribution >= 4 is 62.3 Å². The van der Waals surface area contributed by atoms with Crippen molar-refractivity contribution in [2.45, 2.75) is 38.5 Å². The fourth-order valence-electron chi connectivity index (χ4n) is 4.36. The molecule has 0 aliphatic rings. The van der Waals surface area contributed by atoms with E-state index in [0.717, 1.165) is 55.2 Å². The van der Waals surface area contributed by atoms with Crippen LogP contribution in [0.25, 0.3) is 0 Å². The maximum absolute atomic E-state index is 5.80. The Hall–Kier alpha value is -2.13. The molecule has 256 valence electrons. The molecule has 51 heavy (non-hydrogen) atoms. The molecule has 2 aromatic heterocycles. The van der Waals surface area contributed by atoms with Crippen molar-refractivity contribution in [3.63, 3.8) is 0 Å². The number of halogens is 5. The zero-order valence-corrected chi connectivity index (χ0v) is 33.6. The molecule has 11 heteroatoms. The van der Waals surface area contributed by atoms with E-state index >= 15 is 0 Å². The van der Waals surface area contributed by atoms with Gasteiger partial charge in [-0.2, -0.15) is 6.42 Å². The summed E-state index contributed by atoms with van der Waals surface area (Å²) in [5, 5.41) is 2.24. The van der Waals surface area contributed by atoms with E-state index in [9.17, 15) is 0 Å². The van der Waals surface area contributed by atoms with Crippen LogP contribution in [0.2, 0.25) is 20.9 Å². The van der Waals surface area contributed by atoms with E-state index in [2.05, 4.69) is 103 Å². The summed E-state index contributed by atoms with van der Waals surface area (Å²) in [6, 6.07) is 44.6. The molecule has 0 saturated heterocycles. The van der Waals surface area contributed by atoms with Gasteiger partial charge < -0.3 is 8.35 Å². The fourth-order valence-corrected chi connectivity index (χ4v) is 5.71. The Morgan fingerprint density at radius 1 is 0.451 bits per heavy atom. The van der Waals surface area contributed by atoms with Gasteiger partial charge in [0.15, 0.2) is 0 Å². The third-order valence-electron chi connectivity index (χ3n) is 6.82. The topological polar surface area (TPSA) is 51.6 Å². The van der Waals surface area contributed by atoms with Gasteiger partial charge in [-0.1, -0.05) is 166 Å². The van der Waals surface area contributed by atoms with E-state index in [1.807, 2.05) is 60.7 Å². The van der Waals surface area contributed by atoms with Crippen LogP contribution in [0, 0.1) is 6.92 Å². The third kappa shape index (κ3) is 21.2. The van der Waals surface area contributed by atoms with Crippen LogP contribution in [-0.2, 0) is 38.5 Å². The Labute approximate surface area is 357 Å². The molecule has 4 aromatic carbocycles. The average Bonchev–Trinajstić information content (AvgIpc) is 3.12. The molecule has 6 aromatic rings. The molecule has 0 bridgehead atoms. The van der Waals surface area contributed by atoms with Gasteiger partial charge in [-0.15, -0.1) is 0 Å². The van der Waals surface area contributed by atoms with E-state index < -0.39 is 0 Å². The molecule has 0 aliphatic carbocycles. The monoisotopic (exact) mass is 808 g/mol. The molecular formula is C40H39BrCl4Li2N4. The summed E-state index contributed by atoms with van der Waals surface area (Å²) in [5.41, 5.74) is 6.98. The second-order valence-electron chi connectivity index (χ2n) is 10.5. The fraction of sp³-hybridized carbons (Fsp3) is 0.175. The molecule has 0 atom stereocenters. The van der Waals surface area contributed by atoms with Crippen LogP contribution >= 0.6 is 62.3 Å². The SMILES string of the molecule is BrCCc1ccccc1.Clc1cc(CCc2ccccc2)nc(Cl)n1.Clc1cc(CCc2ccccc2)nc(Cl)n1.[CH2-]Cc1ccccc1.[H-].[Li+].[Li+]. The zero-order valence-electron chi connectivity index (χ0n) is 30.0. The van der Waals surface area contributed by atoms with Crippen molar-refractivity contribution in [2.75, 3.05) is 5.33 Å². The smallest absolute Gasteiger partial charge is 1.00 e. The minimum Gasteiger partial charge on any atom is -1.00 e. The van der Waals surface area contributed by atoms with Crippen LogP contribution in [0.1, 0.15) is 35.1 Å². The van der Waals surface area contributed by atoms with Gasteiger partial charge in [0, 0.05) is 16.7 Å². The van der Waals surface area contributed by atoms with Crippen molar-refractivity contribution in [1.82, 2.24) is 19.9 Å². The number of hydrogen-bond donors (Lipinski definition) is 0. The van der Waals surface area contributed by atoms with Gasteiger partial charge in [-0.3, -0.25) is 0 Å². The molecular weight excluding hydrogens is 772 g/mol. The summed E-state index contributed by atoms with van der Waals surface area (Å²) in [5.74, 6) is 0. The van der Waals surface area contributed by atoms with Gasteiger partial charge in [0.25, 0.3) is 0 Å². The summed E-state index contributed by atoms with van der Waals surface area (Å²) in [6.07, 6.45) is 5.48. The van der Waals surface area contributed by atoms with Gasteiger partial charge >= 0.3 is 37.7 Å². The van der Waals surface area contributed by atoms with Gasteiger partial charge in [-0.25, -0.2) is 19.9 Å². The molecule has 0 aliphatic heterocycles. The van der Waals surface area contributed by atoms with Crippen LogP contribution in [0.15, 0.2) is 133 Å². The van der Waals surface area contributed by atoms with Crippen molar-refractivity contribution in [3.8, 4) is 0 Å². The van der Waals surface area contributed by atoms with Crippen LogP contribution in [-0.4, -0.2) is 25.3 Å². The molecule has 0 radical (unpaired) electrons. The summed E-state index contributed by atoms with van der Waals surface area (Å²) < 4.78 is 0. The van der Waals surface area contributed by atoms with Crippen LogP contribution in [0.5, 0.6) is 0 Å². The second kappa shape index (κ2) is 28.4. The van der Waals surface area contributed by atoms with Gasteiger partial charge in [0.1, 0.15) is 10.3 Å². The van der Waals surface area contributed by atoms with Crippen molar-refractivity contribution in [2.24, 2.45) is 0 Å². The number of rotatable bonds is 9. The molecule has 0 amide bonds. The number of alkyl halides is 1. The summed E-state index contributed by atoms with van der Waals surface area (Å²) >= 11 is 26.4. The molecule has 0 saturated carbocycles. The maximum atomic E-state index is 5.80. The van der Waals surface area contributed by atoms with E-state index in [4.69, 9.17) is 46.4 Å². The molecule has 0 unspecified atom stereocenters. The predicted octanol–water partition coefficient (Wildman–Crippen LogP) is 5.94. The van der Waals surface area contributed by atoms with Gasteiger partial charge in [-0.05, 0) is 84.1 Å². The quantitative estimate of drug-likeness (QED) is 0.0597. The van der Waals surface area contributed by atoms with E-state index in [0.29, 0.717) is 10.3 Å². The first-order valence-corrected chi connectivity index (χ1v) is 18.4. The summed E-state index contributed by atoms with van der Waals surface area (Å²) in [4.78, 5) is 15.9. The number of aryl methyl sites for hydroxylation is 5. The second-order valence-corrected chi connectivity index (χ2v) is 12.8. The molecule has 0 N–H and O–H groups in total. The average molecular weight is 811 g/mol. The predicted molar refractivity (Wildman–Crippen MR) is 212 cm³/mol. The Kier molecular flexibility index (Phi) is 26.1. The van der Waals surface area contributed by atoms with Crippen LogP contribution in [0.3, 0.4) is 0 Å². The third-order valence-corrected chi connectivity index (χ3v) is 7.95. The van der Waals surface area contributed by atoms with Crippen molar-refractivity contribution < 1.29 is 39.1 Å². The maximum Gasteiger partial charge on any atom is 1.00 e. The Balaban J connectivity index is 0.000000681. The minimum atomic E-state index is 0. The first kappa shape index (κ1) is 46.9. The number of aromatic nitrogens is 4. The molecule has 2 heterocycles. The number of hydrogen-bond acceptors (Lipinski definition) is 4. The van der Waals surface area contributed by atoms with Crippen LogP contribution in [0.4, 0.5) is 0 Å². The first-order valence-electron chi connectivity index (χ1n) is 15.7. The van der Waals surface area contributed by atoms with E-state index in [1.165, 1.54) is 22.3 Å². The Morgan fingerprint density at radius 2 is 0.765 bits per heavy atom. The van der Waals surface area contributed by atoms with Crippen LogP contribution < -0.4 is 37.7 Å². The standard InChI is InChI=1S/2C12H10Cl2N2.C8H9Br.C8H9.2Li.H/c2*13-11-8-10(15-12(14)16-11)7-6-9-4-2-1-3-5-9;9-7-6-8-4-2-1-3-5-8;1-2-8-6-4-3-5-7-8;;;/h2*1-5,8H,6-7H2;1-5H,6-7H2;3-7H,1-2H2;;;/q;;;-1;2*+1;-1. The van der Waals surface area contributed by atoms with Gasteiger partial charge in [0.05, 0.1) is 0 Å². The Morgan fingerprint density at radius 3 is 1.04 bits per heavy atom. The zero-order chi connectivity index (χ0) is 35.1. The van der Waals surface area contributed by atoms with Crippen molar-refractivity contribution in [1.29, 1.82) is 0 Å². The molecule has 0 spiro atoms. The number of nitrogens with zero attached hydrogens (tertiary/aromatic N) is 4. The largest absolute Gasteiger partial charge is 1.00 e. The van der Waals surface area contributed by atoms with E-state index in [1.54, 1.807) is 12.1 Å². The number of benzene rings is 4. The van der Waals surface area contributed by atoms with Crippen molar-refractivity contribution in [3.05, 3.63) is 195 Å². The van der Waals surface area contributed by atoms with Gasteiger partial charge in [0.2, 0.25) is 10.6 Å².